The minimum atomic E-state index is -0.101. The molecule has 1 rings (SSSR count). The average molecular weight is 197 g/mol. The van der Waals surface area contributed by atoms with Gasteiger partial charge in [0, 0.05) is 18.6 Å². The Labute approximate surface area is 84.7 Å². The van der Waals surface area contributed by atoms with Crippen LogP contribution in [-0.2, 0) is 0 Å². The molecule has 0 unspecified atom stereocenters. The van der Waals surface area contributed by atoms with E-state index >= 15 is 0 Å². The zero-order valence-corrected chi connectivity index (χ0v) is 9.31. The number of nitrogens with zero attached hydrogens (tertiary/aromatic N) is 1. The number of hydrogen-bond donors (Lipinski definition) is 3. The molecule has 4 heteroatoms. The molecule has 1 aromatic rings. The highest BCUT2D eigenvalue weighted by atomic mass is 16.3. The Balaban J connectivity index is 2.62. The highest BCUT2D eigenvalue weighted by Crippen LogP contribution is 2.20. The topological polar surface area (TPSA) is 60.9 Å². The van der Waals surface area contributed by atoms with Gasteiger partial charge >= 0.3 is 0 Å². The molecule has 14 heavy (non-hydrogen) atoms. The van der Waals surface area contributed by atoms with Gasteiger partial charge in [0.05, 0.1) is 17.1 Å². The van der Waals surface area contributed by atoms with Crippen molar-refractivity contribution in [3.8, 4) is 0 Å². The minimum absolute atomic E-state index is 0.101. The minimum Gasteiger partial charge on any atom is -0.396 e. The van der Waals surface area contributed by atoms with Gasteiger partial charge in [-0.15, -0.1) is 0 Å². The molecule has 0 aliphatic rings. The summed E-state index contributed by atoms with van der Waals surface area (Å²) in [6.45, 7) is 8.89. The molecule has 1 aromatic heterocycles. The molecule has 0 amide bonds. The smallest absolute Gasteiger partial charge is 0.0825 e. The number of hydrogen-bond acceptors (Lipinski definition) is 3. The lowest BCUT2D eigenvalue weighted by atomic mass is 9.95. The number of H-pyrrole nitrogens is 1. The third-order valence-electron chi connectivity index (χ3n) is 2.30. The van der Waals surface area contributed by atoms with Crippen molar-refractivity contribution in [1.29, 1.82) is 0 Å². The number of aromatic amines is 1. The van der Waals surface area contributed by atoms with Gasteiger partial charge in [-0.2, -0.15) is 5.10 Å². The number of aromatic nitrogens is 2. The third-order valence-corrected chi connectivity index (χ3v) is 2.30. The van der Waals surface area contributed by atoms with E-state index in [0.717, 1.165) is 23.6 Å². The van der Waals surface area contributed by atoms with E-state index in [9.17, 15) is 0 Å². The van der Waals surface area contributed by atoms with Crippen LogP contribution in [0.15, 0.2) is 0 Å². The Morgan fingerprint density at radius 3 is 2.50 bits per heavy atom. The maximum atomic E-state index is 9.10. The van der Waals surface area contributed by atoms with Crippen LogP contribution in [0.4, 0.5) is 5.69 Å². The highest BCUT2D eigenvalue weighted by molar-refractivity contribution is 5.51. The lowest BCUT2D eigenvalue weighted by Gasteiger charge is -2.22. The van der Waals surface area contributed by atoms with E-state index in [1.165, 1.54) is 0 Å². The summed E-state index contributed by atoms with van der Waals surface area (Å²) in [5.74, 6) is 0. The van der Waals surface area contributed by atoms with Crippen LogP contribution in [-0.4, -0.2) is 28.5 Å². The first kappa shape index (κ1) is 11.0. The molecule has 0 spiro atoms. The Morgan fingerprint density at radius 2 is 2.07 bits per heavy atom. The van der Waals surface area contributed by atoms with E-state index in [1.807, 2.05) is 27.7 Å². The zero-order chi connectivity index (χ0) is 10.8. The molecular weight excluding hydrogens is 178 g/mol. The number of aliphatic hydroxyl groups is 1. The van der Waals surface area contributed by atoms with E-state index in [2.05, 4.69) is 15.5 Å². The van der Waals surface area contributed by atoms with Crippen LogP contribution in [0.5, 0.6) is 0 Å². The molecule has 0 atom stereocenters. The quantitative estimate of drug-likeness (QED) is 0.684. The SMILES string of the molecule is Cc1n[nH]c(C)c1NCC(C)(C)CO. The van der Waals surface area contributed by atoms with Crippen LogP contribution < -0.4 is 5.32 Å². The van der Waals surface area contributed by atoms with Crippen LogP contribution in [0.3, 0.4) is 0 Å². The predicted molar refractivity (Wildman–Crippen MR) is 57.4 cm³/mol. The zero-order valence-electron chi connectivity index (χ0n) is 9.31. The highest BCUT2D eigenvalue weighted by Gasteiger charge is 2.17. The van der Waals surface area contributed by atoms with Gasteiger partial charge in [0.1, 0.15) is 0 Å². The second-order valence-corrected chi connectivity index (χ2v) is 4.48. The van der Waals surface area contributed by atoms with Crippen molar-refractivity contribution < 1.29 is 5.11 Å². The summed E-state index contributed by atoms with van der Waals surface area (Å²) in [4.78, 5) is 0. The number of rotatable bonds is 4. The molecule has 0 saturated carbocycles. The second kappa shape index (κ2) is 4.00. The van der Waals surface area contributed by atoms with Gasteiger partial charge in [-0.3, -0.25) is 5.10 Å². The molecule has 0 aliphatic heterocycles. The summed E-state index contributed by atoms with van der Waals surface area (Å²) < 4.78 is 0. The van der Waals surface area contributed by atoms with Crippen molar-refractivity contribution in [3.05, 3.63) is 11.4 Å². The first-order valence-electron chi connectivity index (χ1n) is 4.82. The van der Waals surface area contributed by atoms with E-state index in [1.54, 1.807) is 0 Å². The van der Waals surface area contributed by atoms with Gasteiger partial charge in [0.15, 0.2) is 0 Å². The maximum Gasteiger partial charge on any atom is 0.0825 e. The van der Waals surface area contributed by atoms with Gasteiger partial charge < -0.3 is 10.4 Å². The summed E-state index contributed by atoms with van der Waals surface area (Å²) in [7, 11) is 0. The van der Waals surface area contributed by atoms with E-state index < -0.39 is 0 Å². The van der Waals surface area contributed by atoms with Gasteiger partial charge in [-0.1, -0.05) is 13.8 Å². The van der Waals surface area contributed by atoms with Gasteiger partial charge in [0.2, 0.25) is 0 Å². The van der Waals surface area contributed by atoms with Gasteiger partial charge in [-0.25, -0.2) is 0 Å². The lowest BCUT2D eigenvalue weighted by Crippen LogP contribution is -2.27. The van der Waals surface area contributed by atoms with Gasteiger partial charge in [-0.05, 0) is 13.8 Å². The first-order chi connectivity index (χ1) is 6.46. The number of aliphatic hydroxyl groups excluding tert-OH is 1. The molecule has 0 aliphatic carbocycles. The van der Waals surface area contributed by atoms with Crippen molar-refractivity contribution in [2.75, 3.05) is 18.5 Å². The molecule has 1 heterocycles. The maximum absolute atomic E-state index is 9.10. The van der Waals surface area contributed by atoms with Crippen LogP contribution >= 0.6 is 0 Å². The fraction of sp³-hybridized carbons (Fsp3) is 0.700. The Hall–Kier alpha value is -1.03. The fourth-order valence-electron chi connectivity index (χ4n) is 1.19. The standard InChI is InChI=1S/C10H19N3O/c1-7-9(8(2)13-12-7)11-5-10(3,4)6-14/h11,14H,5-6H2,1-4H3,(H,12,13). The number of anilines is 1. The Kier molecular flexibility index (Phi) is 3.16. The number of aryl methyl sites for hydroxylation is 2. The van der Waals surface area contributed by atoms with Crippen LogP contribution in [0, 0.1) is 19.3 Å². The van der Waals surface area contributed by atoms with E-state index in [0.29, 0.717) is 0 Å². The summed E-state index contributed by atoms with van der Waals surface area (Å²) in [5.41, 5.74) is 2.95. The van der Waals surface area contributed by atoms with Crippen LogP contribution in [0.2, 0.25) is 0 Å². The average Bonchev–Trinajstić information content (AvgIpc) is 2.44. The largest absolute Gasteiger partial charge is 0.396 e. The van der Waals surface area contributed by atoms with Crippen LogP contribution in [0.1, 0.15) is 25.2 Å². The Bertz CT molecular complexity index is 285. The monoisotopic (exact) mass is 197 g/mol. The van der Waals surface area contributed by atoms with Crippen molar-refractivity contribution in [2.24, 2.45) is 5.41 Å². The molecule has 0 saturated heterocycles. The number of nitrogens with one attached hydrogen (secondary N) is 2. The van der Waals surface area contributed by atoms with Crippen molar-refractivity contribution >= 4 is 5.69 Å². The summed E-state index contributed by atoms with van der Waals surface area (Å²) in [6, 6.07) is 0. The summed E-state index contributed by atoms with van der Waals surface area (Å²) in [5, 5.41) is 19.4. The van der Waals surface area contributed by atoms with Crippen molar-refractivity contribution in [3.63, 3.8) is 0 Å². The predicted octanol–water partition coefficient (Wildman–Crippen LogP) is 1.46. The second-order valence-electron chi connectivity index (χ2n) is 4.48. The molecule has 0 radical (unpaired) electrons. The van der Waals surface area contributed by atoms with Crippen LogP contribution in [0.25, 0.3) is 0 Å². The Morgan fingerprint density at radius 1 is 1.43 bits per heavy atom. The first-order valence-corrected chi connectivity index (χ1v) is 4.82. The van der Waals surface area contributed by atoms with Crippen molar-refractivity contribution in [1.82, 2.24) is 10.2 Å². The molecule has 3 N–H and O–H groups in total. The lowest BCUT2D eigenvalue weighted by molar-refractivity contribution is 0.171. The molecule has 4 nitrogen and oxygen atoms in total. The molecule has 80 valence electrons. The molecule has 0 aromatic carbocycles. The van der Waals surface area contributed by atoms with E-state index in [-0.39, 0.29) is 12.0 Å². The molecule has 0 fully saturated rings. The summed E-state index contributed by atoms with van der Waals surface area (Å²) in [6.07, 6.45) is 0. The molecular formula is C10H19N3O. The summed E-state index contributed by atoms with van der Waals surface area (Å²) >= 11 is 0. The fourth-order valence-corrected chi connectivity index (χ4v) is 1.19. The van der Waals surface area contributed by atoms with E-state index in [4.69, 9.17) is 5.11 Å². The molecule has 0 bridgehead atoms. The third kappa shape index (κ3) is 2.48. The van der Waals surface area contributed by atoms with Gasteiger partial charge in [0.25, 0.3) is 0 Å². The normalized spacial score (nSPS) is 11.8. The van der Waals surface area contributed by atoms with Crippen molar-refractivity contribution in [2.45, 2.75) is 27.7 Å².